The lowest BCUT2D eigenvalue weighted by Gasteiger charge is -2.19. The zero-order valence-electron chi connectivity index (χ0n) is 10.4. The highest BCUT2D eigenvalue weighted by Gasteiger charge is 2.10. The minimum atomic E-state index is -0.0859. The zero-order chi connectivity index (χ0) is 12.5. The van der Waals surface area contributed by atoms with Crippen molar-refractivity contribution in [1.82, 2.24) is 9.78 Å². The normalized spacial score (nSPS) is 12.2. The molecule has 0 unspecified atom stereocenters. The first-order valence-electron chi connectivity index (χ1n) is 5.71. The van der Waals surface area contributed by atoms with Gasteiger partial charge in [0.05, 0.1) is 30.5 Å². The summed E-state index contributed by atoms with van der Waals surface area (Å²) in [5, 5.41) is 5.57. The maximum atomic E-state index is 5.72. The van der Waals surface area contributed by atoms with Crippen molar-refractivity contribution in [2.24, 2.45) is 0 Å². The highest BCUT2D eigenvalue weighted by atomic mass is 127. The van der Waals surface area contributed by atoms with Crippen LogP contribution in [0, 0.1) is 3.57 Å². The van der Waals surface area contributed by atoms with Crippen LogP contribution >= 0.6 is 22.6 Å². The third kappa shape index (κ3) is 3.42. The summed E-state index contributed by atoms with van der Waals surface area (Å²) in [5.41, 5.74) is 1.09. The van der Waals surface area contributed by atoms with Crippen molar-refractivity contribution in [1.29, 1.82) is 0 Å². The van der Waals surface area contributed by atoms with Gasteiger partial charge in [-0.1, -0.05) is 6.07 Å². The SMILES string of the molecule is CC(C)(C)OCCn1ncc2ccc(I)cc21. The van der Waals surface area contributed by atoms with E-state index in [0.717, 1.165) is 6.54 Å². The van der Waals surface area contributed by atoms with Gasteiger partial charge in [-0.15, -0.1) is 0 Å². The standard InChI is InChI=1S/C13H17IN2O/c1-13(2,3)17-7-6-16-12-8-11(14)5-4-10(12)9-15-16/h4-5,8-9H,6-7H2,1-3H3. The molecule has 0 amide bonds. The quantitative estimate of drug-likeness (QED) is 0.798. The van der Waals surface area contributed by atoms with Crippen LogP contribution in [0.4, 0.5) is 0 Å². The van der Waals surface area contributed by atoms with E-state index in [4.69, 9.17) is 4.74 Å². The van der Waals surface area contributed by atoms with E-state index in [2.05, 4.69) is 66.7 Å². The third-order valence-electron chi connectivity index (χ3n) is 2.44. The van der Waals surface area contributed by atoms with Gasteiger partial charge in [-0.05, 0) is 55.5 Å². The fourth-order valence-corrected chi connectivity index (χ4v) is 2.13. The van der Waals surface area contributed by atoms with E-state index in [1.54, 1.807) is 0 Å². The van der Waals surface area contributed by atoms with Gasteiger partial charge in [-0.3, -0.25) is 4.68 Å². The first-order valence-corrected chi connectivity index (χ1v) is 6.79. The Kier molecular flexibility index (Phi) is 3.73. The number of hydrogen-bond acceptors (Lipinski definition) is 2. The van der Waals surface area contributed by atoms with Gasteiger partial charge in [0.2, 0.25) is 0 Å². The largest absolute Gasteiger partial charge is 0.374 e. The molecule has 0 spiro atoms. The molecule has 0 fully saturated rings. The number of benzene rings is 1. The third-order valence-corrected chi connectivity index (χ3v) is 3.12. The van der Waals surface area contributed by atoms with E-state index in [9.17, 15) is 0 Å². The predicted molar refractivity (Wildman–Crippen MR) is 78.2 cm³/mol. The first-order chi connectivity index (χ1) is 7.96. The molecule has 2 rings (SSSR count). The Morgan fingerprint density at radius 2 is 2.12 bits per heavy atom. The summed E-state index contributed by atoms with van der Waals surface area (Å²) in [6.45, 7) is 7.68. The minimum absolute atomic E-state index is 0.0859. The molecule has 0 radical (unpaired) electrons. The summed E-state index contributed by atoms with van der Waals surface area (Å²) < 4.78 is 8.95. The predicted octanol–water partition coefficient (Wildman–Crippen LogP) is 3.46. The fraction of sp³-hybridized carbons (Fsp3) is 0.462. The molecular formula is C13H17IN2O. The smallest absolute Gasteiger partial charge is 0.0693 e. The molecule has 17 heavy (non-hydrogen) atoms. The number of hydrogen-bond donors (Lipinski definition) is 0. The maximum Gasteiger partial charge on any atom is 0.0693 e. The van der Waals surface area contributed by atoms with Gasteiger partial charge in [-0.2, -0.15) is 5.10 Å². The lowest BCUT2D eigenvalue weighted by Crippen LogP contribution is -2.22. The Balaban J connectivity index is 2.11. The van der Waals surface area contributed by atoms with Crippen LogP contribution < -0.4 is 0 Å². The van der Waals surface area contributed by atoms with Crippen molar-refractivity contribution >= 4 is 33.5 Å². The van der Waals surface area contributed by atoms with Crippen LogP contribution in [0.2, 0.25) is 0 Å². The molecule has 0 aliphatic rings. The van der Waals surface area contributed by atoms with Crippen molar-refractivity contribution in [3.05, 3.63) is 28.0 Å². The Morgan fingerprint density at radius 1 is 1.35 bits per heavy atom. The molecule has 1 aromatic carbocycles. The molecule has 0 aliphatic carbocycles. The summed E-state index contributed by atoms with van der Waals surface area (Å²) in [5.74, 6) is 0. The second-order valence-electron chi connectivity index (χ2n) is 5.03. The summed E-state index contributed by atoms with van der Waals surface area (Å²) in [7, 11) is 0. The summed E-state index contributed by atoms with van der Waals surface area (Å²) >= 11 is 2.32. The molecule has 0 saturated heterocycles. The molecule has 0 N–H and O–H groups in total. The molecule has 0 saturated carbocycles. The average molecular weight is 344 g/mol. The van der Waals surface area contributed by atoms with Gasteiger partial charge in [0.15, 0.2) is 0 Å². The lowest BCUT2D eigenvalue weighted by molar-refractivity contribution is -0.00749. The molecule has 1 aromatic heterocycles. The van der Waals surface area contributed by atoms with Gasteiger partial charge < -0.3 is 4.74 Å². The second-order valence-corrected chi connectivity index (χ2v) is 6.28. The molecule has 2 aromatic rings. The van der Waals surface area contributed by atoms with Gasteiger partial charge in [0.25, 0.3) is 0 Å². The van der Waals surface area contributed by atoms with Crippen molar-refractivity contribution in [3.63, 3.8) is 0 Å². The molecular weight excluding hydrogens is 327 g/mol. The fourth-order valence-electron chi connectivity index (χ4n) is 1.66. The van der Waals surface area contributed by atoms with E-state index in [1.807, 2.05) is 10.9 Å². The highest BCUT2D eigenvalue weighted by Crippen LogP contribution is 2.17. The van der Waals surface area contributed by atoms with Crippen LogP contribution in [-0.4, -0.2) is 22.0 Å². The summed E-state index contributed by atoms with van der Waals surface area (Å²) in [6, 6.07) is 6.35. The van der Waals surface area contributed by atoms with Crippen LogP contribution in [0.3, 0.4) is 0 Å². The van der Waals surface area contributed by atoms with Crippen molar-refractivity contribution < 1.29 is 4.74 Å². The Bertz CT molecular complexity index is 514. The molecule has 3 nitrogen and oxygen atoms in total. The van der Waals surface area contributed by atoms with E-state index < -0.39 is 0 Å². The first kappa shape index (κ1) is 12.8. The van der Waals surface area contributed by atoms with Crippen molar-refractivity contribution in [3.8, 4) is 0 Å². The lowest BCUT2D eigenvalue weighted by atomic mass is 10.2. The van der Waals surface area contributed by atoms with Gasteiger partial charge >= 0.3 is 0 Å². The number of nitrogens with zero attached hydrogens (tertiary/aromatic N) is 2. The van der Waals surface area contributed by atoms with Crippen LogP contribution in [0.5, 0.6) is 0 Å². The molecule has 92 valence electrons. The number of halogens is 1. The van der Waals surface area contributed by atoms with Crippen molar-refractivity contribution in [2.45, 2.75) is 32.9 Å². The number of rotatable bonds is 3. The van der Waals surface area contributed by atoms with E-state index in [0.29, 0.717) is 6.61 Å². The van der Waals surface area contributed by atoms with Crippen LogP contribution in [0.25, 0.3) is 10.9 Å². The second kappa shape index (κ2) is 4.94. The van der Waals surface area contributed by atoms with E-state index in [1.165, 1.54) is 14.5 Å². The topological polar surface area (TPSA) is 27.1 Å². The van der Waals surface area contributed by atoms with Crippen LogP contribution in [-0.2, 0) is 11.3 Å². The Hall–Kier alpha value is -0.620. The molecule has 4 heteroatoms. The molecule has 0 bridgehead atoms. The van der Waals surface area contributed by atoms with E-state index in [-0.39, 0.29) is 5.60 Å². The number of fused-ring (bicyclic) bond motifs is 1. The molecule has 0 atom stereocenters. The maximum absolute atomic E-state index is 5.72. The highest BCUT2D eigenvalue weighted by molar-refractivity contribution is 14.1. The minimum Gasteiger partial charge on any atom is -0.374 e. The zero-order valence-corrected chi connectivity index (χ0v) is 12.6. The van der Waals surface area contributed by atoms with E-state index >= 15 is 0 Å². The molecule has 0 aliphatic heterocycles. The van der Waals surface area contributed by atoms with Crippen molar-refractivity contribution in [2.75, 3.05) is 6.61 Å². The molecule has 1 heterocycles. The Morgan fingerprint density at radius 3 is 2.82 bits per heavy atom. The monoisotopic (exact) mass is 344 g/mol. The Labute approximate surface area is 115 Å². The van der Waals surface area contributed by atoms with Gasteiger partial charge in [0, 0.05) is 8.96 Å². The average Bonchev–Trinajstić information content (AvgIpc) is 2.59. The van der Waals surface area contributed by atoms with Gasteiger partial charge in [-0.25, -0.2) is 0 Å². The number of aromatic nitrogens is 2. The summed E-state index contributed by atoms with van der Waals surface area (Å²) in [6.07, 6.45) is 1.91. The summed E-state index contributed by atoms with van der Waals surface area (Å²) in [4.78, 5) is 0. The van der Waals surface area contributed by atoms with Crippen LogP contribution in [0.15, 0.2) is 24.4 Å². The number of ether oxygens (including phenoxy) is 1. The van der Waals surface area contributed by atoms with Crippen LogP contribution in [0.1, 0.15) is 20.8 Å². The van der Waals surface area contributed by atoms with Gasteiger partial charge in [0.1, 0.15) is 0 Å².